The van der Waals surface area contributed by atoms with Crippen LogP contribution in [0.2, 0.25) is 0 Å². The van der Waals surface area contributed by atoms with Crippen molar-refractivity contribution in [2.75, 3.05) is 16.3 Å². The van der Waals surface area contributed by atoms with Crippen LogP contribution in [0.15, 0.2) is 48.0 Å². The topological polar surface area (TPSA) is 52.7 Å². The van der Waals surface area contributed by atoms with E-state index in [1.54, 1.807) is 6.08 Å². The number of carbonyl (C=O) groups is 2. The molecule has 2 aliphatic heterocycles. The third-order valence-corrected chi connectivity index (χ3v) is 6.68. The summed E-state index contributed by atoms with van der Waals surface area (Å²) >= 11 is 5.31. The monoisotopic (exact) mass is 447 g/mol. The van der Waals surface area contributed by atoms with Crippen molar-refractivity contribution < 1.29 is 9.59 Å². The van der Waals surface area contributed by atoms with Crippen molar-refractivity contribution in [1.29, 1.82) is 0 Å². The van der Waals surface area contributed by atoms with Gasteiger partial charge in [-0.3, -0.25) is 19.8 Å². The molecule has 2 aliphatic rings. The molecule has 0 spiro atoms. The van der Waals surface area contributed by atoms with Crippen LogP contribution in [-0.4, -0.2) is 29.0 Å². The SMILES string of the molecule is CCN1c2ccc(/C=C3\C(=O)NC(=S)N(c4cccc(C)c4)C3=O)cc2[C@H](C)CC1(C)C. The van der Waals surface area contributed by atoms with Crippen molar-refractivity contribution in [3.8, 4) is 0 Å². The van der Waals surface area contributed by atoms with E-state index in [9.17, 15) is 9.59 Å². The molecule has 5 nitrogen and oxygen atoms in total. The van der Waals surface area contributed by atoms with Crippen LogP contribution in [0.25, 0.3) is 6.08 Å². The van der Waals surface area contributed by atoms with Crippen molar-refractivity contribution in [3.05, 3.63) is 64.7 Å². The molecule has 6 heteroatoms. The van der Waals surface area contributed by atoms with E-state index in [-0.39, 0.29) is 16.2 Å². The average Bonchev–Trinajstić information content (AvgIpc) is 2.71. The van der Waals surface area contributed by atoms with E-state index in [0.717, 1.165) is 24.1 Å². The number of amides is 2. The molecule has 1 atom stereocenters. The summed E-state index contributed by atoms with van der Waals surface area (Å²) in [5, 5.41) is 2.77. The Bertz CT molecular complexity index is 1150. The highest BCUT2D eigenvalue weighted by molar-refractivity contribution is 7.80. The molecule has 0 bridgehead atoms. The summed E-state index contributed by atoms with van der Waals surface area (Å²) in [5.41, 5.74) is 5.12. The third-order valence-electron chi connectivity index (χ3n) is 6.40. The van der Waals surface area contributed by atoms with Gasteiger partial charge in [-0.15, -0.1) is 0 Å². The summed E-state index contributed by atoms with van der Waals surface area (Å²) in [6.45, 7) is 11.8. The first-order valence-corrected chi connectivity index (χ1v) is 11.4. The van der Waals surface area contributed by atoms with Gasteiger partial charge in [0.25, 0.3) is 11.8 Å². The number of benzene rings is 2. The number of hydrogen-bond donors (Lipinski definition) is 1. The number of nitrogens with zero attached hydrogens (tertiary/aromatic N) is 2. The normalized spacial score (nSPS) is 21.6. The van der Waals surface area contributed by atoms with Gasteiger partial charge in [-0.1, -0.05) is 25.1 Å². The quantitative estimate of drug-likeness (QED) is 0.411. The molecule has 0 aliphatic carbocycles. The predicted molar refractivity (Wildman–Crippen MR) is 134 cm³/mol. The standard InChI is InChI=1S/C26H29N3O2S/c1-6-28-22-11-10-18(13-20(22)17(3)15-26(28,4)5)14-21-23(30)27-25(32)29(24(21)31)19-9-7-8-16(2)12-19/h7-14,17H,6,15H2,1-5H3,(H,27,30,32)/b21-14+/t17-/m1/s1. The molecule has 0 radical (unpaired) electrons. The maximum absolute atomic E-state index is 13.3. The third kappa shape index (κ3) is 3.84. The van der Waals surface area contributed by atoms with E-state index in [0.29, 0.717) is 11.6 Å². The maximum Gasteiger partial charge on any atom is 0.270 e. The van der Waals surface area contributed by atoms with Gasteiger partial charge in [0.2, 0.25) is 0 Å². The molecule has 4 rings (SSSR count). The number of aryl methyl sites for hydroxylation is 1. The first-order chi connectivity index (χ1) is 15.1. The van der Waals surface area contributed by atoms with Crippen molar-refractivity contribution in [2.45, 2.75) is 52.5 Å². The van der Waals surface area contributed by atoms with E-state index >= 15 is 0 Å². The van der Waals surface area contributed by atoms with Crippen molar-refractivity contribution in [1.82, 2.24) is 5.32 Å². The van der Waals surface area contributed by atoms with E-state index in [4.69, 9.17) is 12.2 Å². The molecule has 32 heavy (non-hydrogen) atoms. The molecule has 1 N–H and O–H groups in total. The largest absolute Gasteiger partial charge is 0.366 e. The van der Waals surface area contributed by atoms with Gasteiger partial charge in [0, 0.05) is 17.8 Å². The lowest BCUT2D eigenvalue weighted by atomic mass is 9.79. The molecule has 2 aromatic carbocycles. The molecule has 0 aromatic heterocycles. The van der Waals surface area contributed by atoms with Gasteiger partial charge >= 0.3 is 0 Å². The van der Waals surface area contributed by atoms with Crippen molar-refractivity contribution in [2.24, 2.45) is 0 Å². The van der Waals surface area contributed by atoms with Crippen LogP contribution in [-0.2, 0) is 9.59 Å². The fourth-order valence-electron chi connectivity index (χ4n) is 5.02. The molecule has 2 amide bonds. The first kappa shape index (κ1) is 22.2. The highest BCUT2D eigenvalue weighted by Gasteiger charge is 2.36. The van der Waals surface area contributed by atoms with Gasteiger partial charge in [0.15, 0.2) is 5.11 Å². The number of rotatable bonds is 3. The fourth-order valence-corrected chi connectivity index (χ4v) is 5.30. The Morgan fingerprint density at radius 2 is 1.94 bits per heavy atom. The lowest BCUT2D eigenvalue weighted by Crippen LogP contribution is -2.54. The van der Waals surface area contributed by atoms with Gasteiger partial charge in [0.05, 0.1) is 5.69 Å². The smallest absolute Gasteiger partial charge is 0.270 e. The summed E-state index contributed by atoms with van der Waals surface area (Å²) in [5.74, 6) is -0.495. The van der Waals surface area contributed by atoms with Crippen LogP contribution >= 0.6 is 12.2 Å². The van der Waals surface area contributed by atoms with E-state index < -0.39 is 11.8 Å². The molecule has 1 saturated heterocycles. The highest BCUT2D eigenvalue weighted by Crippen LogP contribution is 2.43. The Labute approximate surface area is 195 Å². The fraction of sp³-hybridized carbons (Fsp3) is 0.346. The second kappa shape index (κ2) is 8.17. The van der Waals surface area contributed by atoms with Crippen LogP contribution in [0.3, 0.4) is 0 Å². The minimum atomic E-state index is -0.467. The summed E-state index contributed by atoms with van der Waals surface area (Å²) in [4.78, 5) is 29.8. The molecule has 0 unspecified atom stereocenters. The second-order valence-electron chi connectivity index (χ2n) is 9.28. The Morgan fingerprint density at radius 3 is 2.62 bits per heavy atom. The number of carbonyl (C=O) groups excluding carboxylic acids is 2. The number of fused-ring (bicyclic) bond motifs is 1. The van der Waals surface area contributed by atoms with Crippen LogP contribution in [0.5, 0.6) is 0 Å². The lowest BCUT2D eigenvalue weighted by Gasteiger charge is -2.47. The first-order valence-electron chi connectivity index (χ1n) is 11.0. The molecule has 1 fully saturated rings. The van der Waals surface area contributed by atoms with Crippen LogP contribution in [0.4, 0.5) is 11.4 Å². The molecular formula is C26H29N3O2S. The molecular weight excluding hydrogens is 418 g/mol. The zero-order chi connectivity index (χ0) is 23.2. The highest BCUT2D eigenvalue weighted by atomic mass is 32.1. The zero-order valence-corrected chi connectivity index (χ0v) is 20.0. The second-order valence-corrected chi connectivity index (χ2v) is 9.66. The summed E-state index contributed by atoms with van der Waals surface area (Å²) < 4.78 is 0. The van der Waals surface area contributed by atoms with E-state index in [1.165, 1.54) is 16.2 Å². The van der Waals surface area contributed by atoms with E-state index in [2.05, 4.69) is 50.0 Å². The minimum absolute atomic E-state index is 0.0798. The minimum Gasteiger partial charge on any atom is -0.366 e. The lowest BCUT2D eigenvalue weighted by molar-refractivity contribution is -0.122. The van der Waals surface area contributed by atoms with Gasteiger partial charge in [-0.2, -0.15) is 0 Å². The summed E-state index contributed by atoms with van der Waals surface area (Å²) in [6.07, 6.45) is 2.72. The molecule has 2 heterocycles. The number of anilines is 2. The predicted octanol–water partition coefficient (Wildman–Crippen LogP) is 4.94. The van der Waals surface area contributed by atoms with Gasteiger partial charge in [-0.25, -0.2) is 0 Å². The average molecular weight is 448 g/mol. The number of nitrogens with one attached hydrogen (secondary N) is 1. The van der Waals surface area contributed by atoms with Crippen molar-refractivity contribution >= 4 is 46.6 Å². The van der Waals surface area contributed by atoms with Crippen molar-refractivity contribution in [3.63, 3.8) is 0 Å². The van der Waals surface area contributed by atoms with E-state index in [1.807, 2.05) is 37.3 Å². The van der Waals surface area contributed by atoms with Crippen LogP contribution in [0.1, 0.15) is 56.7 Å². The zero-order valence-electron chi connectivity index (χ0n) is 19.2. The van der Waals surface area contributed by atoms with Crippen LogP contribution < -0.4 is 15.1 Å². The number of thiocarbonyl (C=S) groups is 1. The Morgan fingerprint density at radius 1 is 1.19 bits per heavy atom. The Balaban J connectivity index is 1.73. The van der Waals surface area contributed by atoms with Gasteiger partial charge < -0.3 is 4.90 Å². The summed E-state index contributed by atoms with van der Waals surface area (Å²) in [6, 6.07) is 13.7. The van der Waals surface area contributed by atoms with Gasteiger partial charge in [-0.05, 0) is 99.3 Å². The van der Waals surface area contributed by atoms with Crippen LogP contribution in [0, 0.1) is 6.92 Å². The summed E-state index contributed by atoms with van der Waals surface area (Å²) in [7, 11) is 0. The van der Waals surface area contributed by atoms with Gasteiger partial charge in [0.1, 0.15) is 5.57 Å². The maximum atomic E-state index is 13.3. The number of hydrogen-bond acceptors (Lipinski definition) is 4. The molecule has 2 aromatic rings. The molecule has 166 valence electrons. The Hall–Kier alpha value is -2.99. The molecule has 0 saturated carbocycles. The Kier molecular flexibility index (Phi) is 5.67.